The molecule has 0 atom stereocenters. The predicted octanol–water partition coefficient (Wildman–Crippen LogP) is 15.0. The zero-order chi connectivity index (χ0) is 41.1. The van der Waals surface area contributed by atoms with Crippen LogP contribution in [-0.2, 0) is 10.8 Å². The van der Waals surface area contributed by atoms with Crippen LogP contribution in [0.4, 0.5) is 11.4 Å². The van der Waals surface area contributed by atoms with Crippen LogP contribution < -0.4 is 15.7 Å². The number of aromatic nitrogens is 1. The summed E-state index contributed by atoms with van der Waals surface area (Å²) in [6, 6.07) is 58.2. The van der Waals surface area contributed by atoms with E-state index in [2.05, 4.69) is 203 Å². The number of benzene rings is 8. The van der Waals surface area contributed by atoms with Gasteiger partial charge >= 0.3 is 6.85 Å². The smallest absolute Gasteiger partial charge is 0.333 e. The Bertz CT molecular complexity index is 3680. The third-order valence-electron chi connectivity index (χ3n) is 13.7. The van der Waals surface area contributed by atoms with Gasteiger partial charge in [-0.2, -0.15) is 0 Å². The van der Waals surface area contributed by atoms with Crippen LogP contribution in [-0.4, -0.2) is 11.4 Å². The van der Waals surface area contributed by atoms with Crippen molar-refractivity contribution in [2.24, 2.45) is 0 Å². The van der Waals surface area contributed by atoms with Gasteiger partial charge in [-0.25, -0.2) is 0 Å². The topological polar surface area (TPSA) is 8.17 Å². The van der Waals surface area contributed by atoms with E-state index in [0.717, 1.165) is 0 Å². The molecular formula is C56H43BN2S2. The number of hydrogen-bond donors (Lipinski definition) is 0. The molecule has 0 radical (unpaired) electrons. The molecule has 13 rings (SSSR count). The first-order chi connectivity index (χ1) is 29.5. The summed E-state index contributed by atoms with van der Waals surface area (Å²) in [5, 5.41) is 7.96. The largest absolute Gasteiger partial charge is 0.375 e. The zero-order valence-corrected chi connectivity index (χ0v) is 36.9. The summed E-state index contributed by atoms with van der Waals surface area (Å²) in [5.74, 6) is 0. The molecule has 8 aromatic carbocycles. The van der Waals surface area contributed by atoms with Gasteiger partial charge in [0, 0.05) is 69.0 Å². The lowest BCUT2D eigenvalue weighted by atomic mass is 9.43. The van der Waals surface area contributed by atoms with Gasteiger partial charge in [-0.15, -0.1) is 22.7 Å². The molecule has 3 aromatic heterocycles. The van der Waals surface area contributed by atoms with Gasteiger partial charge in [0.2, 0.25) is 0 Å². The van der Waals surface area contributed by atoms with Crippen molar-refractivity contribution in [3.8, 4) is 27.9 Å². The molecular weight excluding hydrogens is 776 g/mol. The van der Waals surface area contributed by atoms with E-state index < -0.39 is 0 Å². The summed E-state index contributed by atoms with van der Waals surface area (Å²) in [5.41, 5.74) is 17.0. The zero-order valence-electron chi connectivity index (χ0n) is 35.2. The van der Waals surface area contributed by atoms with E-state index in [4.69, 9.17) is 0 Å². The lowest BCUT2D eigenvalue weighted by molar-refractivity contribution is 0.590. The lowest BCUT2D eigenvalue weighted by Crippen LogP contribution is -2.60. The fourth-order valence-corrected chi connectivity index (χ4v) is 13.1. The number of hydrogen-bond acceptors (Lipinski definition) is 3. The van der Waals surface area contributed by atoms with Gasteiger partial charge in [0.15, 0.2) is 0 Å². The number of fused-ring (bicyclic) bond motifs is 14. The Balaban J connectivity index is 1.26. The Morgan fingerprint density at radius 2 is 1.11 bits per heavy atom. The maximum Gasteiger partial charge on any atom is 0.333 e. The number of anilines is 2. The number of nitrogens with zero attached hydrogens (tertiary/aromatic N) is 2. The summed E-state index contributed by atoms with van der Waals surface area (Å²) >= 11 is 3.87. The first kappa shape index (κ1) is 35.6. The fraction of sp³-hybridized carbons (Fsp3) is 0.143. The molecule has 11 aromatic rings. The normalized spacial score (nSPS) is 13.7. The second-order valence-corrected chi connectivity index (χ2v) is 21.4. The Labute approximate surface area is 364 Å². The Morgan fingerprint density at radius 1 is 0.459 bits per heavy atom. The summed E-state index contributed by atoms with van der Waals surface area (Å²) in [6.45, 7) is 14.1. The summed E-state index contributed by atoms with van der Waals surface area (Å²) in [4.78, 5) is 2.76. The highest BCUT2D eigenvalue weighted by Crippen LogP contribution is 2.53. The molecule has 5 heterocycles. The molecule has 0 aliphatic carbocycles. The molecule has 0 saturated heterocycles. The maximum atomic E-state index is 2.76. The third-order valence-corrected chi connectivity index (χ3v) is 16.1. The van der Waals surface area contributed by atoms with Gasteiger partial charge in [-0.3, -0.25) is 0 Å². The van der Waals surface area contributed by atoms with Crippen LogP contribution >= 0.6 is 22.7 Å². The molecule has 0 fully saturated rings. The van der Waals surface area contributed by atoms with Gasteiger partial charge in [0.05, 0.1) is 15.7 Å². The van der Waals surface area contributed by atoms with Gasteiger partial charge in [-0.1, -0.05) is 139 Å². The minimum absolute atomic E-state index is 0.0151. The Hall–Kier alpha value is -6.14. The van der Waals surface area contributed by atoms with Gasteiger partial charge in [0.1, 0.15) is 0 Å². The molecule has 292 valence electrons. The van der Waals surface area contributed by atoms with Crippen LogP contribution in [0, 0.1) is 0 Å². The monoisotopic (exact) mass is 818 g/mol. The number of rotatable bonds is 2. The van der Waals surface area contributed by atoms with E-state index in [1.54, 1.807) is 0 Å². The quantitative estimate of drug-likeness (QED) is 0.158. The van der Waals surface area contributed by atoms with Crippen LogP contribution in [0.15, 0.2) is 152 Å². The minimum Gasteiger partial charge on any atom is -0.375 e. The summed E-state index contributed by atoms with van der Waals surface area (Å²) in [6.07, 6.45) is 0. The van der Waals surface area contributed by atoms with Crippen molar-refractivity contribution in [3.05, 3.63) is 163 Å². The maximum absolute atomic E-state index is 2.76. The summed E-state index contributed by atoms with van der Waals surface area (Å²) in [7, 11) is 0. The van der Waals surface area contributed by atoms with Crippen molar-refractivity contribution in [2.45, 2.75) is 52.4 Å². The Morgan fingerprint density at radius 3 is 1.85 bits per heavy atom. The second-order valence-electron chi connectivity index (χ2n) is 19.3. The lowest BCUT2D eigenvalue weighted by Gasteiger charge is -2.43. The van der Waals surface area contributed by atoms with E-state index >= 15 is 0 Å². The highest BCUT2D eigenvalue weighted by molar-refractivity contribution is 7.27. The average Bonchev–Trinajstić information content (AvgIpc) is 3.94. The first-order valence-corrected chi connectivity index (χ1v) is 23.2. The van der Waals surface area contributed by atoms with E-state index in [1.165, 1.54) is 124 Å². The van der Waals surface area contributed by atoms with Crippen molar-refractivity contribution in [3.63, 3.8) is 0 Å². The van der Waals surface area contributed by atoms with Gasteiger partial charge < -0.3 is 9.38 Å². The molecule has 0 unspecified atom stereocenters. The average molecular weight is 819 g/mol. The van der Waals surface area contributed by atoms with Crippen molar-refractivity contribution in [1.29, 1.82) is 0 Å². The van der Waals surface area contributed by atoms with E-state index in [0.29, 0.717) is 0 Å². The van der Waals surface area contributed by atoms with Crippen molar-refractivity contribution >= 4 is 114 Å². The van der Waals surface area contributed by atoms with Crippen LogP contribution in [0.5, 0.6) is 0 Å². The van der Waals surface area contributed by atoms with E-state index in [-0.39, 0.29) is 17.7 Å². The molecule has 61 heavy (non-hydrogen) atoms. The molecule has 0 bridgehead atoms. The number of thiophene rings is 2. The summed E-state index contributed by atoms with van der Waals surface area (Å²) < 4.78 is 7.99. The van der Waals surface area contributed by atoms with Crippen molar-refractivity contribution in [1.82, 2.24) is 4.57 Å². The third kappa shape index (κ3) is 4.91. The highest BCUT2D eigenvalue weighted by atomic mass is 32.1. The van der Waals surface area contributed by atoms with Crippen LogP contribution in [0.25, 0.3) is 90.1 Å². The molecule has 0 N–H and O–H groups in total. The first-order valence-electron chi connectivity index (χ1n) is 21.5. The van der Waals surface area contributed by atoms with Crippen molar-refractivity contribution in [2.75, 3.05) is 4.81 Å². The molecule has 0 saturated carbocycles. The van der Waals surface area contributed by atoms with Crippen LogP contribution in [0.3, 0.4) is 0 Å². The standard InChI is InChI=1S/C56H43BN2S2/c1-55(2,3)34-23-25-44-40(29-34)41-30-35(56(4,5)6)31-43-52(41)58(44)47-28-33(32-15-8-7-9-16-32)27-42-50-45(26-24-39-37-18-11-13-22-49(37)61-54(39)50)59(57(43)51(42)47)46-20-14-19-38-36-17-10-12-21-48(36)60-53(38)46/h7-31H,1-6H3. The molecule has 0 amide bonds. The molecule has 5 heteroatoms. The van der Waals surface area contributed by atoms with Crippen molar-refractivity contribution < 1.29 is 0 Å². The van der Waals surface area contributed by atoms with Crippen LogP contribution in [0.2, 0.25) is 0 Å². The minimum atomic E-state index is -0.0753. The van der Waals surface area contributed by atoms with E-state index in [1.807, 2.05) is 22.7 Å². The molecule has 2 aliphatic heterocycles. The molecule has 0 spiro atoms. The fourth-order valence-electron chi connectivity index (χ4n) is 10.6. The second kappa shape index (κ2) is 12.2. The van der Waals surface area contributed by atoms with Gasteiger partial charge in [-0.05, 0) is 104 Å². The van der Waals surface area contributed by atoms with E-state index in [9.17, 15) is 0 Å². The highest BCUT2D eigenvalue weighted by Gasteiger charge is 2.46. The van der Waals surface area contributed by atoms with Crippen LogP contribution in [0.1, 0.15) is 52.7 Å². The SMILES string of the molecule is CC(C)(C)c1ccc2c(c1)c1cc(C(C)(C)C)cc3c1n2-c1cc(-c2ccccc2)cc2c1B3N(c1cccc3c1sc1ccccc13)c1ccc3c(sc4ccccc43)c1-2. The predicted molar refractivity (Wildman–Crippen MR) is 268 cm³/mol. The Kier molecular flexibility index (Phi) is 7.15. The molecule has 2 nitrogen and oxygen atoms in total. The molecule has 2 aliphatic rings. The van der Waals surface area contributed by atoms with Gasteiger partial charge in [0.25, 0.3) is 0 Å².